The van der Waals surface area contributed by atoms with Gasteiger partial charge in [-0.25, -0.2) is 0 Å². The third-order valence-corrected chi connectivity index (χ3v) is 9.26. The van der Waals surface area contributed by atoms with Crippen molar-refractivity contribution in [3.05, 3.63) is 188 Å². The van der Waals surface area contributed by atoms with E-state index in [4.69, 9.17) is 4.52 Å². The zero-order valence-corrected chi connectivity index (χ0v) is 27.1. The fourth-order valence-corrected chi connectivity index (χ4v) is 6.68. The Morgan fingerprint density at radius 1 is 0.380 bits per heavy atom. The molecule has 0 radical (unpaired) electrons. The predicted molar refractivity (Wildman–Crippen MR) is 206 cm³/mol. The van der Waals surface area contributed by atoms with Crippen molar-refractivity contribution in [3.8, 4) is 45.1 Å². The maximum Gasteiger partial charge on any atom is 0.258 e. The summed E-state index contributed by atoms with van der Waals surface area (Å²) in [7, 11) is 0. The van der Waals surface area contributed by atoms with E-state index < -0.39 is 0 Å². The number of hydrogen-bond acceptors (Lipinski definition) is 4. The van der Waals surface area contributed by atoms with E-state index in [1.165, 1.54) is 43.8 Å². The molecule has 0 saturated carbocycles. The second kappa shape index (κ2) is 12.7. The van der Waals surface area contributed by atoms with E-state index in [0.29, 0.717) is 11.7 Å². The molecule has 0 bridgehead atoms. The molecule has 0 amide bonds. The monoisotopic (exact) mass is 641 g/mol. The van der Waals surface area contributed by atoms with Crippen LogP contribution >= 0.6 is 0 Å². The summed E-state index contributed by atoms with van der Waals surface area (Å²) < 4.78 is 5.67. The fourth-order valence-electron chi connectivity index (χ4n) is 6.68. The highest BCUT2D eigenvalue weighted by molar-refractivity contribution is 5.97. The van der Waals surface area contributed by atoms with Crippen LogP contribution < -0.4 is 4.90 Å². The molecule has 0 aliphatic carbocycles. The molecular weight excluding hydrogens is 611 g/mol. The van der Waals surface area contributed by atoms with E-state index >= 15 is 0 Å². The van der Waals surface area contributed by atoms with Crippen molar-refractivity contribution < 1.29 is 4.52 Å². The SMILES string of the molecule is c1ccc(-c2noc(-c3ccc(N(c4ccc(-c5ccc6ccccc6c5)cc4)c4ccc(-c5cccc6ccccc56)cc4)cc3)n2)cc1. The Hall–Kier alpha value is -6.78. The Morgan fingerprint density at radius 2 is 0.940 bits per heavy atom. The van der Waals surface area contributed by atoms with Crippen LogP contribution in [0.4, 0.5) is 17.1 Å². The lowest BCUT2D eigenvalue weighted by Crippen LogP contribution is -2.09. The highest BCUT2D eigenvalue weighted by Gasteiger charge is 2.16. The normalized spacial score (nSPS) is 11.2. The Bertz CT molecular complexity index is 2570. The third-order valence-electron chi connectivity index (χ3n) is 9.26. The smallest absolute Gasteiger partial charge is 0.258 e. The van der Waals surface area contributed by atoms with E-state index in [1.54, 1.807) is 0 Å². The summed E-state index contributed by atoms with van der Waals surface area (Å²) in [6.07, 6.45) is 0. The lowest BCUT2D eigenvalue weighted by molar-refractivity contribution is 0.432. The maximum absolute atomic E-state index is 5.67. The number of benzene rings is 8. The first-order valence-electron chi connectivity index (χ1n) is 16.7. The minimum atomic E-state index is 0.487. The zero-order chi connectivity index (χ0) is 33.3. The molecule has 8 aromatic carbocycles. The summed E-state index contributed by atoms with van der Waals surface area (Å²) in [5.74, 6) is 1.06. The van der Waals surface area contributed by atoms with Gasteiger partial charge in [0.1, 0.15) is 0 Å². The van der Waals surface area contributed by atoms with E-state index in [0.717, 1.165) is 28.2 Å². The first-order chi connectivity index (χ1) is 24.8. The van der Waals surface area contributed by atoms with Gasteiger partial charge in [0, 0.05) is 28.2 Å². The molecular formula is C46H31N3O. The van der Waals surface area contributed by atoms with Crippen LogP contribution in [0.15, 0.2) is 193 Å². The Labute approximate surface area is 290 Å². The van der Waals surface area contributed by atoms with Crippen LogP contribution in [0.2, 0.25) is 0 Å². The Kier molecular flexibility index (Phi) is 7.45. The molecule has 0 aliphatic rings. The average Bonchev–Trinajstić information content (AvgIpc) is 3.70. The summed E-state index contributed by atoms with van der Waals surface area (Å²) in [6.45, 7) is 0. The van der Waals surface area contributed by atoms with Gasteiger partial charge in [0.05, 0.1) is 0 Å². The summed E-state index contributed by atoms with van der Waals surface area (Å²) in [5.41, 5.74) is 9.69. The van der Waals surface area contributed by atoms with Crippen LogP contribution in [-0.2, 0) is 0 Å². The van der Waals surface area contributed by atoms with Gasteiger partial charge < -0.3 is 9.42 Å². The van der Waals surface area contributed by atoms with Crippen LogP contribution in [0.25, 0.3) is 66.6 Å². The first-order valence-corrected chi connectivity index (χ1v) is 16.7. The quantitative estimate of drug-likeness (QED) is 0.174. The van der Waals surface area contributed by atoms with E-state index in [9.17, 15) is 0 Å². The van der Waals surface area contributed by atoms with E-state index in [-0.39, 0.29) is 0 Å². The Balaban J connectivity index is 1.08. The molecule has 4 nitrogen and oxygen atoms in total. The van der Waals surface area contributed by atoms with Gasteiger partial charge in [-0.15, -0.1) is 0 Å². The fraction of sp³-hybridized carbons (Fsp3) is 0. The van der Waals surface area contributed by atoms with Crippen molar-refractivity contribution in [3.63, 3.8) is 0 Å². The Morgan fingerprint density at radius 3 is 1.66 bits per heavy atom. The van der Waals surface area contributed by atoms with Crippen molar-refractivity contribution in [1.29, 1.82) is 0 Å². The van der Waals surface area contributed by atoms with Gasteiger partial charge in [-0.05, 0) is 98.4 Å². The molecule has 0 atom stereocenters. The molecule has 1 aromatic heterocycles. The average molecular weight is 642 g/mol. The van der Waals surface area contributed by atoms with Crippen LogP contribution in [0, 0.1) is 0 Å². The molecule has 0 unspecified atom stereocenters. The van der Waals surface area contributed by atoms with Crippen molar-refractivity contribution in [2.45, 2.75) is 0 Å². The van der Waals surface area contributed by atoms with Gasteiger partial charge in [0.15, 0.2) is 0 Å². The molecule has 0 spiro atoms. The van der Waals surface area contributed by atoms with Crippen LogP contribution in [-0.4, -0.2) is 10.1 Å². The van der Waals surface area contributed by atoms with Crippen molar-refractivity contribution in [2.24, 2.45) is 0 Å². The van der Waals surface area contributed by atoms with Crippen molar-refractivity contribution >= 4 is 38.6 Å². The number of rotatable bonds is 7. The lowest BCUT2D eigenvalue weighted by Gasteiger charge is -2.26. The van der Waals surface area contributed by atoms with E-state index in [1.807, 2.05) is 42.5 Å². The predicted octanol–water partition coefficient (Wildman–Crippen LogP) is 12.5. The number of hydrogen-bond donors (Lipinski definition) is 0. The molecule has 236 valence electrons. The number of fused-ring (bicyclic) bond motifs is 2. The van der Waals surface area contributed by atoms with Crippen molar-refractivity contribution in [2.75, 3.05) is 4.90 Å². The molecule has 50 heavy (non-hydrogen) atoms. The van der Waals surface area contributed by atoms with Gasteiger partial charge in [-0.1, -0.05) is 139 Å². The van der Waals surface area contributed by atoms with Gasteiger partial charge in [-0.2, -0.15) is 4.98 Å². The standard InChI is InChI=1S/C46H31N3O/c1-2-11-36(12-3-1)45-47-46(50-48-45)37-23-29-42(30-24-37)49(40-25-19-33(20-26-40)39-18-17-32-9-4-5-13-38(32)31-39)41-27-21-35(22-28-41)44-16-8-14-34-10-6-7-15-43(34)44/h1-31H. The lowest BCUT2D eigenvalue weighted by atomic mass is 9.98. The molecule has 1 heterocycles. The van der Waals surface area contributed by atoms with E-state index in [2.05, 4.69) is 161 Å². The zero-order valence-electron chi connectivity index (χ0n) is 27.1. The molecule has 4 heteroatoms. The highest BCUT2D eigenvalue weighted by atomic mass is 16.5. The number of aromatic nitrogens is 2. The molecule has 0 aliphatic heterocycles. The minimum absolute atomic E-state index is 0.487. The topological polar surface area (TPSA) is 42.2 Å². The summed E-state index contributed by atoms with van der Waals surface area (Å²) in [5, 5.41) is 9.18. The van der Waals surface area contributed by atoms with Crippen LogP contribution in [0.5, 0.6) is 0 Å². The first kappa shape index (κ1) is 29.4. The molecule has 0 N–H and O–H groups in total. The van der Waals surface area contributed by atoms with Gasteiger partial charge in [0.25, 0.3) is 5.89 Å². The van der Waals surface area contributed by atoms with Crippen LogP contribution in [0.3, 0.4) is 0 Å². The van der Waals surface area contributed by atoms with Gasteiger partial charge in [0.2, 0.25) is 5.82 Å². The van der Waals surface area contributed by atoms with Crippen LogP contribution in [0.1, 0.15) is 0 Å². The second-order valence-electron chi connectivity index (χ2n) is 12.4. The summed E-state index contributed by atoms with van der Waals surface area (Å²) >= 11 is 0. The molecule has 0 fully saturated rings. The third kappa shape index (κ3) is 5.59. The van der Waals surface area contributed by atoms with Crippen molar-refractivity contribution in [1.82, 2.24) is 10.1 Å². The minimum Gasteiger partial charge on any atom is -0.334 e. The molecule has 0 saturated heterocycles. The summed E-state index contributed by atoms with van der Waals surface area (Å²) in [6, 6.07) is 66.0. The number of nitrogens with zero attached hydrogens (tertiary/aromatic N) is 3. The largest absolute Gasteiger partial charge is 0.334 e. The van der Waals surface area contributed by atoms with Gasteiger partial charge >= 0.3 is 0 Å². The number of anilines is 3. The summed E-state index contributed by atoms with van der Waals surface area (Å²) in [4.78, 5) is 6.95. The van der Waals surface area contributed by atoms with Gasteiger partial charge in [-0.3, -0.25) is 0 Å². The molecule has 9 aromatic rings. The highest BCUT2D eigenvalue weighted by Crippen LogP contribution is 2.38. The maximum atomic E-state index is 5.67. The second-order valence-corrected chi connectivity index (χ2v) is 12.4. The molecule has 9 rings (SSSR count).